The predicted molar refractivity (Wildman–Crippen MR) is 107 cm³/mol. The third-order valence-corrected chi connectivity index (χ3v) is 5.26. The van der Waals surface area contributed by atoms with E-state index in [0.717, 1.165) is 50.3 Å². The fourth-order valence-corrected chi connectivity index (χ4v) is 3.84. The van der Waals surface area contributed by atoms with E-state index < -0.39 is 0 Å². The summed E-state index contributed by atoms with van der Waals surface area (Å²) in [4.78, 5) is 15.4. The molecule has 0 radical (unpaired) electrons. The van der Waals surface area contributed by atoms with Gasteiger partial charge in [0.05, 0.1) is 12.3 Å². The van der Waals surface area contributed by atoms with Crippen molar-refractivity contribution in [1.82, 2.24) is 14.7 Å². The topological polar surface area (TPSA) is 47.4 Å². The SMILES string of the molecule is CCn1ncc(CN2CCC[C@@H](C(=O)c3cccc(OC(C)C)c3)C2)c1C. The van der Waals surface area contributed by atoms with Crippen molar-refractivity contribution in [2.24, 2.45) is 5.92 Å². The fraction of sp³-hybridized carbons (Fsp3) is 0.545. The molecule has 1 atom stereocenters. The van der Waals surface area contributed by atoms with E-state index in [4.69, 9.17) is 4.74 Å². The van der Waals surface area contributed by atoms with Gasteiger partial charge in [0.1, 0.15) is 5.75 Å². The van der Waals surface area contributed by atoms with Crippen LogP contribution < -0.4 is 4.74 Å². The van der Waals surface area contributed by atoms with Gasteiger partial charge in [-0.2, -0.15) is 5.10 Å². The van der Waals surface area contributed by atoms with Crippen molar-refractivity contribution in [3.05, 3.63) is 47.3 Å². The van der Waals surface area contributed by atoms with Gasteiger partial charge in [0.2, 0.25) is 0 Å². The van der Waals surface area contributed by atoms with Gasteiger partial charge < -0.3 is 4.74 Å². The molecule has 5 heteroatoms. The lowest BCUT2D eigenvalue weighted by Crippen LogP contribution is -2.38. The van der Waals surface area contributed by atoms with Crippen molar-refractivity contribution in [3.8, 4) is 5.75 Å². The maximum absolute atomic E-state index is 13.1. The Kier molecular flexibility index (Phi) is 6.32. The molecule has 0 unspecified atom stereocenters. The van der Waals surface area contributed by atoms with Crippen molar-refractivity contribution in [1.29, 1.82) is 0 Å². The molecule has 1 aromatic carbocycles. The normalized spacial score (nSPS) is 18.0. The highest BCUT2D eigenvalue weighted by molar-refractivity contribution is 5.98. The van der Waals surface area contributed by atoms with Gasteiger partial charge in [0.25, 0.3) is 0 Å². The molecule has 0 aliphatic carbocycles. The van der Waals surface area contributed by atoms with Crippen LogP contribution in [0.1, 0.15) is 55.2 Å². The van der Waals surface area contributed by atoms with Crippen LogP contribution in [-0.4, -0.2) is 39.7 Å². The van der Waals surface area contributed by atoms with E-state index in [-0.39, 0.29) is 17.8 Å². The van der Waals surface area contributed by atoms with Crippen LogP contribution in [0.2, 0.25) is 0 Å². The van der Waals surface area contributed by atoms with Crippen LogP contribution in [0.25, 0.3) is 0 Å². The summed E-state index contributed by atoms with van der Waals surface area (Å²) in [6.45, 7) is 11.8. The first-order chi connectivity index (χ1) is 13.0. The lowest BCUT2D eigenvalue weighted by atomic mass is 9.89. The number of likely N-dealkylation sites (tertiary alicyclic amines) is 1. The second-order valence-corrected chi connectivity index (χ2v) is 7.70. The summed E-state index contributed by atoms with van der Waals surface area (Å²) in [6, 6.07) is 7.62. The Morgan fingerprint density at radius 2 is 2.19 bits per heavy atom. The number of hydrogen-bond acceptors (Lipinski definition) is 4. The molecule has 2 heterocycles. The van der Waals surface area contributed by atoms with Crippen molar-refractivity contribution in [3.63, 3.8) is 0 Å². The molecule has 1 saturated heterocycles. The Balaban J connectivity index is 1.66. The summed E-state index contributed by atoms with van der Waals surface area (Å²) >= 11 is 0. The van der Waals surface area contributed by atoms with Gasteiger partial charge in [0.15, 0.2) is 5.78 Å². The van der Waals surface area contributed by atoms with Gasteiger partial charge >= 0.3 is 0 Å². The van der Waals surface area contributed by atoms with E-state index in [1.165, 1.54) is 11.3 Å². The van der Waals surface area contributed by atoms with Gasteiger partial charge in [-0.05, 0) is 59.2 Å². The molecule has 0 N–H and O–H groups in total. The van der Waals surface area contributed by atoms with Gasteiger partial charge in [-0.15, -0.1) is 0 Å². The zero-order valence-electron chi connectivity index (χ0n) is 16.9. The summed E-state index contributed by atoms with van der Waals surface area (Å²) < 4.78 is 7.78. The highest BCUT2D eigenvalue weighted by Crippen LogP contribution is 2.25. The second kappa shape index (κ2) is 8.70. The smallest absolute Gasteiger partial charge is 0.167 e. The molecule has 1 fully saturated rings. The molecule has 0 saturated carbocycles. The highest BCUT2D eigenvalue weighted by Gasteiger charge is 2.27. The summed E-state index contributed by atoms with van der Waals surface area (Å²) in [6.07, 6.45) is 4.08. The third-order valence-electron chi connectivity index (χ3n) is 5.26. The number of Topliss-reactive ketones (excluding diaryl/α,β-unsaturated/α-hetero) is 1. The van der Waals surface area contributed by atoms with Crippen LogP contribution in [0.15, 0.2) is 30.5 Å². The molecule has 27 heavy (non-hydrogen) atoms. The molecule has 1 aliphatic rings. The Hall–Kier alpha value is -2.14. The Bertz CT molecular complexity index is 782. The number of rotatable bonds is 7. The van der Waals surface area contributed by atoms with Crippen molar-refractivity contribution in [2.75, 3.05) is 13.1 Å². The second-order valence-electron chi connectivity index (χ2n) is 7.70. The average Bonchev–Trinajstić information content (AvgIpc) is 3.00. The molecular formula is C22H31N3O2. The quantitative estimate of drug-likeness (QED) is 0.690. The fourth-order valence-electron chi connectivity index (χ4n) is 3.84. The van der Waals surface area contributed by atoms with Gasteiger partial charge in [-0.3, -0.25) is 14.4 Å². The molecule has 5 nitrogen and oxygen atoms in total. The number of aromatic nitrogens is 2. The average molecular weight is 370 g/mol. The monoisotopic (exact) mass is 369 g/mol. The van der Waals surface area contributed by atoms with Crippen molar-refractivity contribution < 1.29 is 9.53 Å². The Morgan fingerprint density at radius 1 is 1.37 bits per heavy atom. The highest BCUT2D eigenvalue weighted by atomic mass is 16.5. The largest absolute Gasteiger partial charge is 0.491 e. The third kappa shape index (κ3) is 4.78. The van der Waals surface area contributed by atoms with Crippen LogP contribution in [0.3, 0.4) is 0 Å². The molecule has 1 aromatic heterocycles. The van der Waals surface area contributed by atoms with Gasteiger partial charge in [0, 0.05) is 42.4 Å². The number of ether oxygens (including phenoxy) is 1. The lowest BCUT2D eigenvalue weighted by molar-refractivity contribution is 0.0810. The zero-order chi connectivity index (χ0) is 19.4. The van der Waals surface area contributed by atoms with E-state index in [0.29, 0.717) is 0 Å². The maximum Gasteiger partial charge on any atom is 0.167 e. The molecular weight excluding hydrogens is 338 g/mol. The number of aryl methyl sites for hydroxylation is 1. The number of carbonyl (C=O) groups is 1. The number of benzene rings is 1. The number of nitrogens with zero attached hydrogens (tertiary/aromatic N) is 3. The van der Waals surface area contributed by atoms with Crippen LogP contribution in [0.5, 0.6) is 5.75 Å². The molecule has 0 bridgehead atoms. The van der Waals surface area contributed by atoms with Crippen LogP contribution >= 0.6 is 0 Å². The first kappa shape index (κ1) is 19.6. The minimum Gasteiger partial charge on any atom is -0.491 e. The summed E-state index contributed by atoms with van der Waals surface area (Å²) in [5.74, 6) is 1.05. The molecule has 3 rings (SSSR count). The number of ketones is 1. The van der Waals surface area contributed by atoms with E-state index in [2.05, 4.69) is 23.8 Å². The number of hydrogen-bond donors (Lipinski definition) is 0. The number of carbonyl (C=O) groups excluding carboxylic acids is 1. The molecule has 146 valence electrons. The Labute approximate surface area is 162 Å². The molecule has 1 aliphatic heterocycles. The van der Waals surface area contributed by atoms with Gasteiger partial charge in [-0.25, -0.2) is 0 Å². The zero-order valence-corrected chi connectivity index (χ0v) is 16.9. The first-order valence-corrected chi connectivity index (χ1v) is 10.0. The molecule has 0 amide bonds. The molecule has 0 spiro atoms. The van der Waals surface area contributed by atoms with Crippen LogP contribution in [0.4, 0.5) is 0 Å². The lowest BCUT2D eigenvalue weighted by Gasteiger charge is -2.32. The Morgan fingerprint density at radius 3 is 2.89 bits per heavy atom. The standard InChI is InChI=1S/C22H31N3O2/c1-5-25-17(4)20(13-23-25)15-24-11-7-9-19(14-24)22(26)18-8-6-10-21(12-18)27-16(2)3/h6,8,10,12-13,16,19H,5,7,9,11,14-15H2,1-4H3/t19-/m1/s1. The predicted octanol–water partition coefficient (Wildman–Crippen LogP) is 4.09. The van der Waals surface area contributed by atoms with E-state index >= 15 is 0 Å². The van der Waals surface area contributed by atoms with E-state index in [9.17, 15) is 4.79 Å². The van der Waals surface area contributed by atoms with E-state index in [1.807, 2.05) is 49.0 Å². The minimum atomic E-state index is 0.0505. The summed E-state index contributed by atoms with van der Waals surface area (Å²) in [5.41, 5.74) is 3.25. The first-order valence-electron chi connectivity index (χ1n) is 10.0. The summed E-state index contributed by atoms with van der Waals surface area (Å²) in [7, 11) is 0. The van der Waals surface area contributed by atoms with Crippen LogP contribution in [-0.2, 0) is 13.1 Å². The number of piperidine rings is 1. The van der Waals surface area contributed by atoms with Crippen molar-refractivity contribution >= 4 is 5.78 Å². The maximum atomic E-state index is 13.1. The van der Waals surface area contributed by atoms with Crippen LogP contribution in [0, 0.1) is 12.8 Å². The van der Waals surface area contributed by atoms with Gasteiger partial charge in [-0.1, -0.05) is 12.1 Å². The minimum absolute atomic E-state index is 0.0505. The van der Waals surface area contributed by atoms with E-state index in [1.54, 1.807) is 0 Å². The van der Waals surface area contributed by atoms with Crippen molar-refractivity contribution in [2.45, 2.75) is 59.7 Å². The summed E-state index contributed by atoms with van der Waals surface area (Å²) in [5, 5.41) is 4.44. The molecule has 2 aromatic rings.